The highest BCUT2D eigenvalue weighted by atomic mass is 16.5. The van der Waals surface area contributed by atoms with Gasteiger partial charge in [-0.15, -0.1) is 0 Å². The lowest BCUT2D eigenvalue weighted by Crippen LogP contribution is -2.55. The molecule has 0 aromatic heterocycles. The van der Waals surface area contributed by atoms with Crippen molar-refractivity contribution in [2.75, 3.05) is 27.8 Å². The first-order valence-electron chi connectivity index (χ1n) is 7.71. The number of likely N-dealkylation sites (N-methyl/N-ethyl adjacent to an activating group) is 1. The molecule has 118 valence electrons. The quantitative estimate of drug-likeness (QED) is 0.875. The van der Waals surface area contributed by atoms with E-state index in [2.05, 4.69) is 24.1 Å². The molecule has 2 rings (SSSR count). The second-order valence-corrected chi connectivity index (χ2v) is 6.05. The van der Waals surface area contributed by atoms with Crippen LogP contribution in [0.15, 0.2) is 24.3 Å². The van der Waals surface area contributed by atoms with Crippen molar-refractivity contribution >= 4 is 0 Å². The lowest BCUT2D eigenvalue weighted by Gasteiger charge is -2.46. The van der Waals surface area contributed by atoms with Gasteiger partial charge >= 0.3 is 0 Å². The van der Waals surface area contributed by atoms with Gasteiger partial charge in [-0.2, -0.15) is 0 Å². The van der Waals surface area contributed by atoms with Gasteiger partial charge in [0.05, 0.1) is 13.2 Å². The highest BCUT2D eigenvalue weighted by Gasteiger charge is 2.38. The molecule has 0 radical (unpaired) electrons. The van der Waals surface area contributed by atoms with E-state index < -0.39 is 0 Å². The number of benzene rings is 1. The molecule has 2 atom stereocenters. The van der Waals surface area contributed by atoms with Crippen molar-refractivity contribution < 1.29 is 9.47 Å². The normalized spacial score (nSPS) is 26.0. The van der Waals surface area contributed by atoms with Gasteiger partial charge in [-0.1, -0.05) is 18.2 Å². The molecule has 1 aliphatic carbocycles. The summed E-state index contributed by atoms with van der Waals surface area (Å²) in [5.74, 6) is 0.940. The Morgan fingerprint density at radius 3 is 2.76 bits per heavy atom. The van der Waals surface area contributed by atoms with Gasteiger partial charge in [-0.3, -0.25) is 4.90 Å². The largest absolute Gasteiger partial charge is 0.496 e. The van der Waals surface area contributed by atoms with Crippen molar-refractivity contribution in [1.82, 2.24) is 4.90 Å². The summed E-state index contributed by atoms with van der Waals surface area (Å²) < 4.78 is 11.0. The van der Waals surface area contributed by atoms with Crippen LogP contribution < -0.4 is 10.5 Å². The summed E-state index contributed by atoms with van der Waals surface area (Å²) >= 11 is 0. The molecule has 4 nitrogen and oxygen atoms in total. The number of methoxy groups -OCH3 is 2. The van der Waals surface area contributed by atoms with E-state index >= 15 is 0 Å². The van der Waals surface area contributed by atoms with E-state index in [1.807, 2.05) is 12.1 Å². The van der Waals surface area contributed by atoms with Crippen LogP contribution in [-0.2, 0) is 11.3 Å². The number of para-hydroxylation sites is 1. The molecule has 2 unspecified atom stereocenters. The maximum absolute atomic E-state index is 6.15. The summed E-state index contributed by atoms with van der Waals surface area (Å²) in [7, 11) is 5.69. The minimum Gasteiger partial charge on any atom is -0.496 e. The van der Waals surface area contributed by atoms with Crippen LogP contribution in [-0.4, -0.2) is 44.4 Å². The third-order valence-corrected chi connectivity index (χ3v) is 4.90. The molecule has 1 fully saturated rings. The fourth-order valence-corrected chi connectivity index (χ4v) is 3.43. The van der Waals surface area contributed by atoms with Crippen molar-refractivity contribution in [2.45, 2.75) is 43.9 Å². The van der Waals surface area contributed by atoms with Crippen LogP contribution in [0.5, 0.6) is 5.75 Å². The van der Waals surface area contributed by atoms with Crippen molar-refractivity contribution in [3.63, 3.8) is 0 Å². The maximum atomic E-state index is 6.15. The monoisotopic (exact) mass is 292 g/mol. The van der Waals surface area contributed by atoms with E-state index in [9.17, 15) is 0 Å². The molecule has 1 aromatic rings. The fourth-order valence-electron chi connectivity index (χ4n) is 3.43. The number of hydrogen-bond acceptors (Lipinski definition) is 4. The maximum Gasteiger partial charge on any atom is 0.123 e. The van der Waals surface area contributed by atoms with Crippen LogP contribution in [0, 0.1) is 0 Å². The molecule has 0 spiro atoms. The Balaban J connectivity index is 2.14. The van der Waals surface area contributed by atoms with E-state index in [0.717, 1.165) is 31.6 Å². The van der Waals surface area contributed by atoms with Gasteiger partial charge < -0.3 is 15.2 Å². The Hall–Kier alpha value is -1.10. The predicted octanol–water partition coefficient (Wildman–Crippen LogP) is 2.41. The van der Waals surface area contributed by atoms with E-state index in [-0.39, 0.29) is 5.54 Å². The number of hydrogen-bond donors (Lipinski definition) is 1. The molecule has 0 heterocycles. The average molecular weight is 292 g/mol. The molecular formula is C17H28N2O2. The van der Waals surface area contributed by atoms with Gasteiger partial charge in [0.1, 0.15) is 5.75 Å². The zero-order chi connectivity index (χ0) is 15.3. The van der Waals surface area contributed by atoms with Crippen molar-refractivity contribution in [2.24, 2.45) is 5.73 Å². The Morgan fingerprint density at radius 1 is 1.33 bits per heavy atom. The minimum absolute atomic E-state index is 0.0276. The van der Waals surface area contributed by atoms with Crippen LogP contribution in [0.3, 0.4) is 0 Å². The van der Waals surface area contributed by atoms with Crippen LogP contribution in [0.25, 0.3) is 0 Å². The lowest BCUT2D eigenvalue weighted by molar-refractivity contribution is -0.0150. The predicted molar refractivity (Wildman–Crippen MR) is 85.5 cm³/mol. The molecule has 1 saturated carbocycles. The molecule has 21 heavy (non-hydrogen) atoms. The number of nitrogens with zero attached hydrogens (tertiary/aromatic N) is 1. The first-order chi connectivity index (χ1) is 10.1. The molecule has 0 aliphatic heterocycles. The zero-order valence-corrected chi connectivity index (χ0v) is 13.5. The Kier molecular flexibility index (Phi) is 5.62. The summed E-state index contributed by atoms with van der Waals surface area (Å²) in [5, 5.41) is 0. The lowest BCUT2D eigenvalue weighted by atomic mass is 9.78. The highest BCUT2D eigenvalue weighted by Crippen LogP contribution is 2.35. The smallest absolute Gasteiger partial charge is 0.123 e. The molecule has 4 heteroatoms. The average Bonchev–Trinajstić information content (AvgIpc) is 2.55. The van der Waals surface area contributed by atoms with E-state index in [1.54, 1.807) is 14.2 Å². The van der Waals surface area contributed by atoms with Crippen LogP contribution in [0.4, 0.5) is 0 Å². The van der Waals surface area contributed by atoms with Gasteiger partial charge in [0.25, 0.3) is 0 Å². The molecular weight excluding hydrogens is 264 g/mol. The minimum atomic E-state index is 0.0276. The molecule has 0 amide bonds. The van der Waals surface area contributed by atoms with Gasteiger partial charge in [-0.25, -0.2) is 0 Å². The van der Waals surface area contributed by atoms with Crippen LogP contribution in [0.2, 0.25) is 0 Å². The summed E-state index contributed by atoms with van der Waals surface area (Å²) in [6.07, 6.45) is 4.77. The van der Waals surface area contributed by atoms with Crippen LogP contribution >= 0.6 is 0 Å². The Labute approximate surface area is 128 Å². The molecule has 1 aliphatic rings. The van der Waals surface area contributed by atoms with Crippen molar-refractivity contribution in [1.29, 1.82) is 0 Å². The first-order valence-corrected chi connectivity index (χ1v) is 7.71. The molecule has 1 aromatic carbocycles. The highest BCUT2D eigenvalue weighted by molar-refractivity contribution is 5.33. The Morgan fingerprint density at radius 2 is 2.10 bits per heavy atom. The van der Waals surface area contributed by atoms with Gasteiger partial charge in [0.2, 0.25) is 0 Å². The van der Waals surface area contributed by atoms with E-state index in [0.29, 0.717) is 12.6 Å². The number of nitrogens with two attached hydrogens (primary N) is 1. The SMILES string of the molecule is COc1ccccc1CN(C)C1(CN)CCCC(OC)C1. The molecule has 0 saturated heterocycles. The summed E-state index contributed by atoms with van der Waals surface area (Å²) in [6.45, 7) is 1.51. The number of rotatable bonds is 6. The molecule has 2 N–H and O–H groups in total. The third kappa shape index (κ3) is 3.57. The van der Waals surface area contributed by atoms with Crippen molar-refractivity contribution in [3.05, 3.63) is 29.8 Å². The standard InChI is InChI=1S/C17H28N2O2/c1-19(12-14-7-4-5-9-16(14)21-3)17(13-18)10-6-8-15(11-17)20-2/h4-5,7,9,15H,6,8,10-13,18H2,1-3H3. The fraction of sp³-hybridized carbons (Fsp3) is 0.647. The summed E-state index contributed by atoms with van der Waals surface area (Å²) in [5.41, 5.74) is 7.38. The third-order valence-electron chi connectivity index (χ3n) is 4.90. The Bertz CT molecular complexity index is 452. The first kappa shape index (κ1) is 16.3. The second-order valence-electron chi connectivity index (χ2n) is 6.05. The summed E-state index contributed by atoms with van der Waals surface area (Å²) in [6, 6.07) is 8.19. The number of ether oxygens (including phenoxy) is 2. The van der Waals surface area contributed by atoms with Gasteiger partial charge in [0, 0.05) is 31.3 Å². The van der Waals surface area contributed by atoms with E-state index in [4.69, 9.17) is 15.2 Å². The second kappa shape index (κ2) is 7.25. The van der Waals surface area contributed by atoms with Crippen LogP contribution in [0.1, 0.15) is 31.2 Å². The van der Waals surface area contributed by atoms with E-state index in [1.165, 1.54) is 12.0 Å². The molecule has 0 bridgehead atoms. The summed E-state index contributed by atoms with van der Waals surface area (Å²) in [4.78, 5) is 2.38. The zero-order valence-electron chi connectivity index (χ0n) is 13.5. The van der Waals surface area contributed by atoms with Gasteiger partial charge in [0.15, 0.2) is 0 Å². The topological polar surface area (TPSA) is 47.7 Å². The van der Waals surface area contributed by atoms with Gasteiger partial charge in [-0.05, 0) is 38.8 Å². The van der Waals surface area contributed by atoms with Crippen molar-refractivity contribution in [3.8, 4) is 5.75 Å².